The van der Waals surface area contributed by atoms with Gasteiger partial charge < -0.3 is 10.6 Å². The summed E-state index contributed by atoms with van der Waals surface area (Å²) in [5.41, 5.74) is 2.60. The fourth-order valence-corrected chi connectivity index (χ4v) is 2.53. The summed E-state index contributed by atoms with van der Waals surface area (Å²) in [4.78, 5) is 8.82. The fourth-order valence-electron chi connectivity index (χ4n) is 2.53. The zero-order valence-electron chi connectivity index (χ0n) is 14.0. The van der Waals surface area contributed by atoms with Crippen molar-refractivity contribution in [3.63, 3.8) is 0 Å². The van der Waals surface area contributed by atoms with Gasteiger partial charge in [0.25, 0.3) is 0 Å². The molecule has 3 rings (SSSR count). The van der Waals surface area contributed by atoms with Crippen molar-refractivity contribution in [3.8, 4) is 6.07 Å². The second kappa shape index (κ2) is 7.93. The summed E-state index contributed by atoms with van der Waals surface area (Å²) in [5, 5.41) is 15.7. The SMILES string of the molecule is Cc1nc(NCCc2ccccc2)cc(Nc2ccccc2C#N)n1. The number of aromatic nitrogens is 2. The van der Waals surface area contributed by atoms with Crippen LogP contribution < -0.4 is 10.6 Å². The van der Waals surface area contributed by atoms with Gasteiger partial charge in [-0.2, -0.15) is 5.26 Å². The van der Waals surface area contributed by atoms with E-state index in [2.05, 4.69) is 38.8 Å². The number of aryl methyl sites for hydroxylation is 1. The van der Waals surface area contributed by atoms with Crippen LogP contribution in [-0.4, -0.2) is 16.5 Å². The summed E-state index contributed by atoms with van der Waals surface area (Å²) in [6.45, 7) is 2.64. The lowest BCUT2D eigenvalue weighted by molar-refractivity contribution is 0.983. The second-order valence-corrected chi connectivity index (χ2v) is 5.63. The number of rotatable bonds is 6. The molecule has 0 fully saturated rings. The second-order valence-electron chi connectivity index (χ2n) is 5.63. The molecule has 0 saturated heterocycles. The highest BCUT2D eigenvalue weighted by Gasteiger charge is 2.05. The van der Waals surface area contributed by atoms with E-state index in [0.717, 1.165) is 24.5 Å². The first kappa shape index (κ1) is 16.5. The van der Waals surface area contributed by atoms with Crippen molar-refractivity contribution in [1.82, 2.24) is 9.97 Å². The Morgan fingerprint density at radius 1 is 0.960 bits per heavy atom. The molecule has 124 valence electrons. The van der Waals surface area contributed by atoms with Crippen LogP contribution in [0.5, 0.6) is 0 Å². The molecule has 0 unspecified atom stereocenters. The van der Waals surface area contributed by atoms with Crippen LogP contribution in [0.1, 0.15) is 17.0 Å². The molecule has 0 aliphatic carbocycles. The van der Waals surface area contributed by atoms with Gasteiger partial charge in [0, 0.05) is 12.6 Å². The van der Waals surface area contributed by atoms with Crippen molar-refractivity contribution in [2.75, 3.05) is 17.2 Å². The van der Waals surface area contributed by atoms with E-state index in [-0.39, 0.29) is 0 Å². The van der Waals surface area contributed by atoms with E-state index in [1.807, 2.05) is 49.4 Å². The summed E-state index contributed by atoms with van der Waals surface area (Å²) >= 11 is 0. The number of hydrogen-bond donors (Lipinski definition) is 2. The van der Waals surface area contributed by atoms with Gasteiger partial charge in [0.15, 0.2) is 0 Å². The van der Waals surface area contributed by atoms with E-state index >= 15 is 0 Å². The molecule has 0 bridgehead atoms. The number of benzene rings is 2. The first-order valence-electron chi connectivity index (χ1n) is 8.14. The van der Waals surface area contributed by atoms with Gasteiger partial charge in [-0.1, -0.05) is 42.5 Å². The number of nitrogens with one attached hydrogen (secondary N) is 2. The highest BCUT2D eigenvalue weighted by atomic mass is 15.1. The first-order chi connectivity index (χ1) is 12.2. The minimum absolute atomic E-state index is 0.581. The summed E-state index contributed by atoms with van der Waals surface area (Å²) in [6, 6.07) is 21.7. The molecule has 0 aliphatic heterocycles. The molecular weight excluding hydrogens is 310 g/mol. The third kappa shape index (κ3) is 4.55. The Bertz CT molecular complexity index is 884. The molecule has 2 aromatic carbocycles. The summed E-state index contributed by atoms with van der Waals surface area (Å²) < 4.78 is 0. The van der Waals surface area contributed by atoms with Gasteiger partial charge in [0.1, 0.15) is 23.5 Å². The average Bonchev–Trinajstić information content (AvgIpc) is 2.63. The van der Waals surface area contributed by atoms with Crippen LogP contribution in [0.3, 0.4) is 0 Å². The maximum Gasteiger partial charge on any atom is 0.136 e. The predicted octanol–water partition coefficient (Wildman–Crippen LogP) is 4.05. The Morgan fingerprint density at radius 2 is 1.68 bits per heavy atom. The highest BCUT2D eigenvalue weighted by Crippen LogP contribution is 2.20. The Morgan fingerprint density at radius 3 is 2.48 bits per heavy atom. The maximum atomic E-state index is 9.19. The highest BCUT2D eigenvalue weighted by molar-refractivity contribution is 5.65. The minimum atomic E-state index is 0.581. The Hall–Kier alpha value is -3.39. The van der Waals surface area contributed by atoms with Crippen molar-refractivity contribution in [2.24, 2.45) is 0 Å². The smallest absolute Gasteiger partial charge is 0.136 e. The molecule has 0 aliphatic rings. The third-order valence-corrected chi connectivity index (χ3v) is 3.71. The van der Waals surface area contributed by atoms with Crippen LogP contribution >= 0.6 is 0 Å². The molecule has 0 amide bonds. The van der Waals surface area contributed by atoms with Crippen molar-refractivity contribution in [3.05, 3.63) is 77.6 Å². The van der Waals surface area contributed by atoms with Crippen LogP contribution in [0.2, 0.25) is 0 Å². The summed E-state index contributed by atoms with van der Waals surface area (Å²) in [6.07, 6.45) is 0.921. The first-order valence-corrected chi connectivity index (χ1v) is 8.14. The van der Waals surface area contributed by atoms with E-state index in [4.69, 9.17) is 0 Å². The number of nitriles is 1. The standard InChI is InChI=1S/C20H19N5/c1-15-23-19(22-12-11-16-7-3-2-4-8-16)13-20(24-15)25-18-10-6-5-9-17(18)14-21/h2-10,13H,11-12H2,1H3,(H2,22,23,24,25). The number of para-hydroxylation sites is 1. The van der Waals surface area contributed by atoms with Gasteiger partial charge in [-0.15, -0.1) is 0 Å². The Balaban J connectivity index is 1.69. The van der Waals surface area contributed by atoms with E-state index in [1.54, 1.807) is 6.07 Å². The molecule has 2 N–H and O–H groups in total. The van der Waals surface area contributed by atoms with Gasteiger partial charge >= 0.3 is 0 Å². The molecule has 0 saturated carbocycles. The lowest BCUT2D eigenvalue weighted by atomic mass is 10.1. The number of anilines is 3. The van der Waals surface area contributed by atoms with E-state index in [1.165, 1.54) is 5.56 Å². The van der Waals surface area contributed by atoms with Crippen molar-refractivity contribution in [2.45, 2.75) is 13.3 Å². The van der Waals surface area contributed by atoms with Crippen molar-refractivity contribution < 1.29 is 0 Å². The molecular formula is C20H19N5. The summed E-state index contributed by atoms with van der Waals surface area (Å²) in [5.74, 6) is 2.10. The molecule has 1 heterocycles. The van der Waals surface area contributed by atoms with Crippen molar-refractivity contribution >= 4 is 17.3 Å². The van der Waals surface area contributed by atoms with Crippen LogP contribution in [-0.2, 0) is 6.42 Å². The minimum Gasteiger partial charge on any atom is -0.370 e. The molecule has 0 atom stereocenters. The van der Waals surface area contributed by atoms with Crippen LogP contribution in [0.4, 0.5) is 17.3 Å². The lowest BCUT2D eigenvalue weighted by Gasteiger charge is -2.11. The molecule has 0 spiro atoms. The molecule has 3 aromatic rings. The van der Waals surface area contributed by atoms with Gasteiger partial charge in [-0.3, -0.25) is 0 Å². The topological polar surface area (TPSA) is 73.6 Å². The van der Waals surface area contributed by atoms with Crippen LogP contribution in [0.15, 0.2) is 60.7 Å². The van der Waals surface area contributed by atoms with Crippen molar-refractivity contribution in [1.29, 1.82) is 5.26 Å². The molecule has 0 radical (unpaired) electrons. The largest absolute Gasteiger partial charge is 0.370 e. The maximum absolute atomic E-state index is 9.19. The van der Waals surface area contributed by atoms with E-state index in [0.29, 0.717) is 17.2 Å². The quantitative estimate of drug-likeness (QED) is 0.713. The fraction of sp³-hybridized carbons (Fsp3) is 0.150. The zero-order valence-corrected chi connectivity index (χ0v) is 14.0. The number of nitrogens with zero attached hydrogens (tertiary/aromatic N) is 3. The van der Waals surface area contributed by atoms with Gasteiger partial charge in [-0.25, -0.2) is 9.97 Å². The normalized spacial score (nSPS) is 10.1. The molecule has 1 aromatic heterocycles. The lowest BCUT2D eigenvalue weighted by Crippen LogP contribution is -2.08. The Labute approximate surface area is 147 Å². The van der Waals surface area contributed by atoms with Gasteiger partial charge in [-0.05, 0) is 31.0 Å². The van der Waals surface area contributed by atoms with Gasteiger partial charge in [0.2, 0.25) is 0 Å². The zero-order chi connectivity index (χ0) is 17.5. The number of hydrogen-bond acceptors (Lipinski definition) is 5. The molecule has 5 heteroatoms. The van der Waals surface area contributed by atoms with Crippen LogP contribution in [0.25, 0.3) is 0 Å². The Kier molecular flexibility index (Phi) is 5.22. The van der Waals surface area contributed by atoms with Gasteiger partial charge in [0.05, 0.1) is 11.3 Å². The summed E-state index contributed by atoms with van der Waals surface area (Å²) in [7, 11) is 0. The van der Waals surface area contributed by atoms with E-state index < -0.39 is 0 Å². The van der Waals surface area contributed by atoms with E-state index in [9.17, 15) is 5.26 Å². The van der Waals surface area contributed by atoms with Crippen LogP contribution in [0, 0.1) is 18.3 Å². The average molecular weight is 329 g/mol. The predicted molar refractivity (Wildman–Crippen MR) is 99.8 cm³/mol. The monoisotopic (exact) mass is 329 g/mol. The molecule has 5 nitrogen and oxygen atoms in total. The molecule has 25 heavy (non-hydrogen) atoms. The third-order valence-electron chi connectivity index (χ3n) is 3.71.